The van der Waals surface area contributed by atoms with E-state index in [1.807, 2.05) is 12.5 Å². The van der Waals surface area contributed by atoms with Crippen molar-refractivity contribution >= 4 is 11.8 Å². The summed E-state index contributed by atoms with van der Waals surface area (Å²) in [5.41, 5.74) is 0.205. The summed E-state index contributed by atoms with van der Waals surface area (Å²) in [6.45, 7) is 8.43. The SMILES string of the molecule is C[C@@H](C(=O)N1CCC2(CCC(=O)N(CCCn3ccnc3)C2)CC1)N1CCCC1. The van der Waals surface area contributed by atoms with Crippen molar-refractivity contribution in [2.75, 3.05) is 39.3 Å². The van der Waals surface area contributed by atoms with Crippen LogP contribution in [0, 0.1) is 5.41 Å². The van der Waals surface area contributed by atoms with E-state index in [4.69, 9.17) is 0 Å². The van der Waals surface area contributed by atoms with Crippen LogP contribution in [0.4, 0.5) is 0 Å². The Hall–Kier alpha value is -1.89. The molecule has 1 aromatic rings. The molecule has 29 heavy (non-hydrogen) atoms. The lowest BCUT2D eigenvalue weighted by Crippen LogP contribution is -2.54. The molecular formula is C22H35N5O2. The van der Waals surface area contributed by atoms with E-state index in [1.165, 1.54) is 12.8 Å². The lowest BCUT2D eigenvalue weighted by Gasteiger charge is -2.48. The fraction of sp³-hybridized carbons (Fsp3) is 0.773. The largest absolute Gasteiger partial charge is 0.342 e. The standard InChI is InChI=1S/C22H35N5O2/c1-19(25-11-2-3-12-25)21(29)26-14-7-22(8-15-26)6-5-20(28)27(17-22)13-4-10-24-16-9-23-18-24/h9,16,18-19H,2-8,10-15,17H2,1H3/t19-/m0/s1. The number of hydrogen-bond donors (Lipinski definition) is 0. The molecule has 1 aromatic heterocycles. The number of amides is 2. The number of aromatic nitrogens is 2. The van der Waals surface area contributed by atoms with Gasteiger partial charge in [-0.25, -0.2) is 4.98 Å². The highest BCUT2D eigenvalue weighted by molar-refractivity contribution is 5.81. The quantitative estimate of drug-likeness (QED) is 0.731. The number of hydrogen-bond acceptors (Lipinski definition) is 4. The van der Waals surface area contributed by atoms with Crippen molar-refractivity contribution in [2.45, 2.75) is 64.5 Å². The van der Waals surface area contributed by atoms with Crippen molar-refractivity contribution in [3.05, 3.63) is 18.7 Å². The summed E-state index contributed by atoms with van der Waals surface area (Å²) in [7, 11) is 0. The molecule has 3 aliphatic rings. The third kappa shape index (κ3) is 4.65. The summed E-state index contributed by atoms with van der Waals surface area (Å²) < 4.78 is 2.07. The first-order valence-electron chi connectivity index (χ1n) is 11.3. The molecule has 2 amide bonds. The Morgan fingerprint density at radius 3 is 2.59 bits per heavy atom. The molecule has 0 unspecified atom stereocenters. The number of nitrogens with zero attached hydrogens (tertiary/aromatic N) is 5. The molecule has 3 aliphatic heterocycles. The van der Waals surface area contributed by atoms with Gasteiger partial charge in [0.2, 0.25) is 11.8 Å². The second-order valence-corrected chi connectivity index (χ2v) is 9.21. The van der Waals surface area contributed by atoms with Gasteiger partial charge in [0.25, 0.3) is 0 Å². The summed E-state index contributed by atoms with van der Waals surface area (Å²) in [4.78, 5) is 36.0. The first kappa shape index (κ1) is 20.4. The van der Waals surface area contributed by atoms with Crippen LogP contribution in [0.25, 0.3) is 0 Å². The van der Waals surface area contributed by atoms with Gasteiger partial charge in [-0.1, -0.05) is 0 Å². The lowest BCUT2D eigenvalue weighted by molar-refractivity contribution is -0.144. The van der Waals surface area contributed by atoms with Crippen LogP contribution in [0.1, 0.15) is 51.9 Å². The van der Waals surface area contributed by atoms with Gasteiger partial charge < -0.3 is 14.4 Å². The predicted octanol–water partition coefficient (Wildman–Crippen LogP) is 1.99. The van der Waals surface area contributed by atoms with Gasteiger partial charge in [0, 0.05) is 51.5 Å². The average molecular weight is 402 g/mol. The van der Waals surface area contributed by atoms with Crippen molar-refractivity contribution in [1.82, 2.24) is 24.3 Å². The average Bonchev–Trinajstić information content (AvgIpc) is 3.44. The van der Waals surface area contributed by atoms with Crippen LogP contribution in [0.5, 0.6) is 0 Å². The normalized spacial score (nSPS) is 23.7. The molecule has 0 saturated carbocycles. The summed E-state index contributed by atoms with van der Waals surface area (Å²) in [6.07, 6.45) is 12.7. The molecule has 0 aliphatic carbocycles. The van der Waals surface area contributed by atoms with Gasteiger partial charge in [-0.15, -0.1) is 0 Å². The molecule has 4 heterocycles. The van der Waals surface area contributed by atoms with Crippen LogP contribution in [-0.2, 0) is 16.1 Å². The van der Waals surface area contributed by atoms with E-state index >= 15 is 0 Å². The Bertz CT molecular complexity index is 690. The molecule has 3 fully saturated rings. The highest BCUT2D eigenvalue weighted by Gasteiger charge is 2.42. The first-order valence-corrected chi connectivity index (χ1v) is 11.3. The molecule has 0 aromatic carbocycles. The number of piperidine rings is 2. The maximum atomic E-state index is 12.9. The van der Waals surface area contributed by atoms with Crippen LogP contribution in [0.2, 0.25) is 0 Å². The van der Waals surface area contributed by atoms with Gasteiger partial charge >= 0.3 is 0 Å². The van der Waals surface area contributed by atoms with Crippen LogP contribution in [-0.4, -0.2) is 81.4 Å². The number of rotatable bonds is 6. The van der Waals surface area contributed by atoms with Crippen LogP contribution in [0.15, 0.2) is 18.7 Å². The van der Waals surface area contributed by atoms with E-state index in [0.717, 1.165) is 71.5 Å². The Morgan fingerprint density at radius 2 is 1.90 bits per heavy atom. The second-order valence-electron chi connectivity index (χ2n) is 9.21. The zero-order chi connectivity index (χ0) is 20.3. The zero-order valence-electron chi connectivity index (χ0n) is 17.8. The van der Waals surface area contributed by atoms with E-state index in [2.05, 4.69) is 31.2 Å². The highest BCUT2D eigenvalue weighted by Crippen LogP contribution is 2.40. The fourth-order valence-electron chi connectivity index (χ4n) is 5.33. The van der Waals surface area contributed by atoms with E-state index in [-0.39, 0.29) is 11.5 Å². The van der Waals surface area contributed by atoms with Crippen molar-refractivity contribution < 1.29 is 9.59 Å². The van der Waals surface area contributed by atoms with Crippen molar-refractivity contribution in [1.29, 1.82) is 0 Å². The molecular weight excluding hydrogens is 366 g/mol. The Labute approximate surface area is 174 Å². The third-order valence-electron chi connectivity index (χ3n) is 7.33. The summed E-state index contributed by atoms with van der Waals surface area (Å²) >= 11 is 0. The molecule has 4 rings (SSSR count). The highest BCUT2D eigenvalue weighted by atomic mass is 16.2. The number of carbonyl (C=O) groups is 2. The maximum Gasteiger partial charge on any atom is 0.239 e. The number of carbonyl (C=O) groups excluding carboxylic acids is 2. The minimum atomic E-state index is 0.0131. The molecule has 160 valence electrons. The fourth-order valence-corrected chi connectivity index (χ4v) is 5.33. The van der Waals surface area contributed by atoms with Gasteiger partial charge in [0.1, 0.15) is 0 Å². The zero-order valence-corrected chi connectivity index (χ0v) is 17.8. The Kier molecular flexibility index (Phi) is 6.23. The van der Waals surface area contributed by atoms with Crippen LogP contribution < -0.4 is 0 Å². The first-order chi connectivity index (χ1) is 14.1. The summed E-state index contributed by atoms with van der Waals surface area (Å²) in [6, 6.07) is 0.0131. The van der Waals surface area contributed by atoms with Gasteiger partial charge in [-0.3, -0.25) is 14.5 Å². The summed E-state index contributed by atoms with van der Waals surface area (Å²) in [5.74, 6) is 0.591. The van der Waals surface area contributed by atoms with Crippen LogP contribution >= 0.6 is 0 Å². The second kappa shape index (κ2) is 8.86. The number of likely N-dealkylation sites (tertiary alicyclic amines) is 3. The minimum Gasteiger partial charge on any atom is -0.342 e. The Morgan fingerprint density at radius 1 is 1.14 bits per heavy atom. The van der Waals surface area contributed by atoms with E-state index in [1.54, 1.807) is 6.20 Å². The third-order valence-corrected chi connectivity index (χ3v) is 7.33. The van der Waals surface area contributed by atoms with Gasteiger partial charge in [-0.05, 0) is 64.0 Å². The van der Waals surface area contributed by atoms with Crippen molar-refractivity contribution in [2.24, 2.45) is 5.41 Å². The van der Waals surface area contributed by atoms with Crippen LogP contribution in [0.3, 0.4) is 0 Å². The maximum absolute atomic E-state index is 12.9. The van der Waals surface area contributed by atoms with E-state index in [0.29, 0.717) is 18.2 Å². The molecule has 1 spiro atoms. The molecule has 7 nitrogen and oxygen atoms in total. The molecule has 7 heteroatoms. The van der Waals surface area contributed by atoms with Gasteiger partial charge in [0.05, 0.1) is 12.4 Å². The summed E-state index contributed by atoms with van der Waals surface area (Å²) in [5, 5.41) is 0. The van der Waals surface area contributed by atoms with E-state index in [9.17, 15) is 9.59 Å². The lowest BCUT2D eigenvalue weighted by atomic mass is 9.72. The molecule has 1 atom stereocenters. The molecule has 0 bridgehead atoms. The predicted molar refractivity (Wildman–Crippen MR) is 111 cm³/mol. The van der Waals surface area contributed by atoms with Crippen molar-refractivity contribution in [3.8, 4) is 0 Å². The van der Waals surface area contributed by atoms with Gasteiger partial charge in [-0.2, -0.15) is 0 Å². The Balaban J connectivity index is 1.27. The number of imidazole rings is 1. The molecule has 0 radical (unpaired) electrons. The smallest absolute Gasteiger partial charge is 0.239 e. The molecule has 3 saturated heterocycles. The van der Waals surface area contributed by atoms with E-state index < -0.39 is 0 Å². The minimum absolute atomic E-state index is 0.0131. The monoisotopic (exact) mass is 401 g/mol. The van der Waals surface area contributed by atoms with Crippen molar-refractivity contribution in [3.63, 3.8) is 0 Å². The van der Waals surface area contributed by atoms with Gasteiger partial charge in [0.15, 0.2) is 0 Å². The molecule has 0 N–H and O–H groups in total. The topological polar surface area (TPSA) is 61.7 Å². The number of aryl methyl sites for hydroxylation is 1.